The summed E-state index contributed by atoms with van der Waals surface area (Å²) in [7, 11) is 0. The highest BCUT2D eigenvalue weighted by molar-refractivity contribution is 5.89. The van der Waals surface area contributed by atoms with Crippen LogP contribution in [0.15, 0.2) is 42.5 Å². The van der Waals surface area contributed by atoms with Crippen molar-refractivity contribution in [1.82, 2.24) is 0 Å². The minimum absolute atomic E-state index is 0.0434. The van der Waals surface area contributed by atoms with Gasteiger partial charge in [-0.05, 0) is 41.2 Å². The van der Waals surface area contributed by atoms with Crippen molar-refractivity contribution >= 4 is 11.6 Å². The molecule has 0 saturated heterocycles. The van der Waals surface area contributed by atoms with Gasteiger partial charge in [0.15, 0.2) is 0 Å². The highest BCUT2D eigenvalue weighted by atomic mass is 16.3. The van der Waals surface area contributed by atoms with Crippen LogP contribution >= 0.6 is 0 Å². The standard InChI is InChI=1S/C23H31NO2/c1-5-6-7-8-14-23(3,4)19-12-13-21(22(26)16-19)18-10-9-11-20(15-18)24-17(2)25/h9-13,15-16,26H,5-8,14H2,1-4H3,(H,24,25). The van der Waals surface area contributed by atoms with Gasteiger partial charge >= 0.3 is 0 Å². The zero-order valence-corrected chi connectivity index (χ0v) is 16.4. The van der Waals surface area contributed by atoms with E-state index in [1.54, 1.807) is 0 Å². The lowest BCUT2D eigenvalue weighted by Crippen LogP contribution is -2.16. The van der Waals surface area contributed by atoms with E-state index >= 15 is 0 Å². The molecule has 140 valence electrons. The van der Waals surface area contributed by atoms with E-state index in [4.69, 9.17) is 0 Å². The first-order valence-electron chi connectivity index (χ1n) is 9.55. The predicted molar refractivity (Wildman–Crippen MR) is 110 cm³/mol. The van der Waals surface area contributed by atoms with E-state index in [0.29, 0.717) is 0 Å². The zero-order valence-electron chi connectivity index (χ0n) is 16.4. The van der Waals surface area contributed by atoms with Crippen LogP contribution in [0.5, 0.6) is 5.75 Å². The molecule has 2 aromatic carbocycles. The topological polar surface area (TPSA) is 49.3 Å². The molecule has 0 aliphatic rings. The van der Waals surface area contributed by atoms with Gasteiger partial charge in [-0.25, -0.2) is 0 Å². The van der Waals surface area contributed by atoms with Crippen molar-refractivity contribution in [2.24, 2.45) is 0 Å². The fourth-order valence-electron chi connectivity index (χ4n) is 3.30. The third kappa shape index (κ3) is 5.35. The van der Waals surface area contributed by atoms with Gasteiger partial charge in [0.25, 0.3) is 0 Å². The van der Waals surface area contributed by atoms with Crippen molar-refractivity contribution in [2.45, 2.75) is 65.2 Å². The number of rotatable bonds is 8. The Morgan fingerprint density at radius 3 is 2.50 bits per heavy atom. The molecule has 0 heterocycles. The highest BCUT2D eigenvalue weighted by Crippen LogP contribution is 2.37. The number of aromatic hydroxyl groups is 1. The Morgan fingerprint density at radius 2 is 1.85 bits per heavy atom. The second-order valence-electron chi connectivity index (χ2n) is 7.69. The molecule has 0 spiro atoms. The Morgan fingerprint density at radius 1 is 1.08 bits per heavy atom. The normalized spacial score (nSPS) is 11.4. The monoisotopic (exact) mass is 353 g/mol. The second-order valence-corrected chi connectivity index (χ2v) is 7.69. The van der Waals surface area contributed by atoms with E-state index in [-0.39, 0.29) is 17.1 Å². The Kier molecular flexibility index (Phi) is 6.84. The Bertz CT molecular complexity index is 750. The molecular formula is C23H31NO2. The van der Waals surface area contributed by atoms with E-state index in [9.17, 15) is 9.90 Å². The zero-order chi connectivity index (χ0) is 19.2. The Hall–Kier alpha value is -2.29. The van der Waals surface area contributed by atoms with Gasteiger partial charge in [-0.2, -0.15) is 0 Å². The first-order valence-corrected chi connectivity index (χ1v) is 9.55. The molecule has 1 amide bonds. The SMILES string of the molecule is CCCCCCC(C)(C)c1ccc(-c2cccc(NC(C)=O)c2)c(O)c1. The minimum atomic E-state index is -0.105. The lowest BCUT2D eigenvalue weighted by molar-refractivity contribution is -0.114. The first-order chi connectivity index (χ1) is 12.3. The third-order valence-corrected chi connectivity index (χ3v) is 4.93. The third-order valence-electron chi connectivity index (χ3n) is 4.93. The summed E-state index contributed by atoms with van der Waals surface area (Å²) in [6.07, 6.45) is 6.12. The van der Waals surface area contributed by atoms with Crippen LogP contribution in [0.2, 0.25) is 0 Å². The average molecular weight is 354 g/mol. The summed E-state index contributed by atoms with van der Waals surface area (Å²) in [5.74, 6) is 0.177. The molecule has 3 heteroatoms. The molecule has 0 aliphatic heterocycles. The molecule has 0 unspecified atom stereocenters. The number of carbonyl (C=O) groups excluding carboxylic acids is 1. The molecule has 2 N–H and O–H groups in total. The number of phenolic OH excluding ortho intramolecular Hbond substituents is 1. The number of anilines is 1. The summed E-state index contributed by atoms with van der Waals surface area (Å²) >= 11 is 0. The lowest BCUT2D eigenvalue weighted by Gasteiger charge is -2.26. The van der Waals surface area contributed by atoms with Crippen LogP contribution in [0.3, 0.4) is 0 Å². The van der Waals surface area contributed by atoms with Crippen LogP contribution in [-0.2, 0) is 10.2 Å². The van der Waals surface area contributed by atoms with Crippen molar-refractivity contribution in [1.29, 1.82) is 0 Å². The molecule has 3 nitrogen and oxygen atoms in total. The molecule has 0 atom stereocenters. The van der Waals surface area contributed by atoms with Crippen molar-refractivity contribution < 1.29 is 9.90 Å². The maximum atomic E-state index is 11.2. The second kappa shape index (κ2) is 8.88. The Labute approximate surface area is 157 Å². The van der Waals surface area contributed by atoms with E-state index in [0.717, 1.165) is 28.8 Å². The predicted octanol–water partition coefficient (Wildman–Crippen LogP) is 6.27. The van der Waals surface area contributed by atoms with E-state index < -0.39 is 0 Å². The molecule has 0 aliphatic carbocycles. The first kappa shape index (κ1) is 20.0. The summed E-state index contributed by atoms with van der Waals surface area (Å²) in [5.41, 5.74) is 3.61. The average Bonchev–Trinajstić information content (AvgIpc) is 2.58. The summed E-state index contributed by atoms with van der Waals surface area (Å²) in [6.45, 7) is 8.19. The molecule has 26 heavy (non-hydrogen) atoms. The number of amides is 1. The summed E-state index contributed by atoms with van der Waals surface area (Å²) < 4.78 is 0. The summed E-state index contributed by atoms with van der Waals surface area (Å²) in [6, 6.07) is 13.5. The molecule has 2 aromatic rings. The number of benzene rings is 2. The van der Waals surface area contributed by atoms with E-state index in [1.807, 2.05) is 36.4 Å². The van der Waals surface area contributed by atoms with Crippen LogP contribution in [0.25, 0.3) is 11.1 Å². The van der Waals surface area contributed by atoms with Crippen LogP contribution in [0.4, 0.5) is 5.69 Å². The summed E-state index contributed by atoms with van der Waals surface area (Å²) in [5, 5.41) is 13.4. The van der Waals surface area contributed by atoms with Gasteiger partial charge in [-0.1, -0.05) is 70.7 Å². The molecule has 0 aromatic heterocycles. The summed E-state index contributed by atoms with van der Waals surface area (Å²) in [4.78, 5) is 11.2. The number of hydrogen-bond donors (Lipinski definition) is 2. The molecule has 0 radical (unpaired) electrons. The maximum Gasteiger partial charge on any atom is 0.221 e. The maximum absolute atomic E-state index is 11.2. The van der Waals surface area contributed by atoms with Gasteiger partial charge in [-0.3, -0.25) is 4.79 Å². The van der Waals surface area contributed by atoms with Gasteiger partial charge < -0.3 is 10.4 Å². The van der Waals surface area contributed by atoms with Crippen molar-refractivity contribution in [3.63, 3.8) is 0 Å². The van der Waals surface area contributed by atoms with Gasteiger partial charge in [0, 0.05) is 18.2 Å². The minimum Gasteiger partial charge on any atom is -0.507 e. The Balaban J connectivity index is 2.20. The van der Waals surface area contributed by atoms with Gasteiger partial charge in [-0.15, -0.1) is 0 Å². The van der Waals surface area contributed by atoms with Crippen LogP contribution in [0.1, 0.15) is 65.4 Å². The fourth-order valence-corrected chi connectivity index (χ4v) is 3.30. The molecule has 0 fully saturated rings. The number of hydrogen-bond acceptors (Lipinski definition) is 2. The van der Waals surface area contributed by atoms with Crippen LogP contribution < -0.4 is 5.32 Å². The van der Waals surface area contributed by atoms with Crippen LogP contribution in [0, 0.1) is 0 Å². The van der Waals surface area contributed by atoms with Crippen LogP contribution in [-0.4, -0.2) is 11.0 Å². The number of carbonyl (C=O) groups is 1. The molecule has 0 bridgehead atoms. The van der Waals surface area contributed by atoms with Crippen molar-refractivity contribution in [2.75, 3.05) is 5.32 Å². The van der Waals surface area contributed by atoms with Gasteiger partial charge in [0.1, 0.15) is 5.75 Å². The molecule has 2 rings (SSSR count). The fraction of sp³-hybridized carbons (Fsp3) is 0.435. The number of nitrogens with one attached hydrogen (secondary N) is 1. The largest absolute Gasteiger partial charge is 0.507 e. The van der Waals surface area contributed by atoms with E-state index in [2.05, 4.69) is 32.2 Å². The molecule has 0 saturated carbocycles. The highest BCUT2D eigenvalue weighted by Gasteiger charge is 2.21. The lowest BCUT2D eigenvalue weighted by atomic mass is 9.79. The van der Waals surface area contributed by atoms with E-state index in [1.165, 1.54) is 32.6 Å². The van der Waals surface area contributed by atoms with Crippen molar-refractivity contribution in [3.8, 4) is 16.9 Å². The number of phenols is 1. The molecular weight excluding hydrogens is 322 g/mol. The quantitative estimate of drug-likeness (QED) is 0.550. The smallest absolute Gasteiger partial charge is 0.221 e. The number of unbranched alkanes of at least 4 members (excludes halogenated alkanes) is 3. The van der Waals surface area contributed by atoms with Gasteiger partial charge in [0.2, 0.25) is 5.91 Å². The van der Waals surface area contributed by atoms with Gasteiger partial charge in [0.05, 0.1) is 0 Å². The van der Waals surface area contributed by atoms with Crippen molar-refractivity contribution in [3.05, 3.63) is 48.0 Å².